The Kier molecular flexibility index (Phi) is 3.31. The van der Waals surface area contributed by atoms with Crippen molar-refractivity contribution in [2.24, 2.45) is 11.8 Å². The summed E-state index contributed by atoms with van der Waals surface area (Å²) >= 11 is 0. The molecule has 2 N–H and O–H groups in total. The van der Waals surface area contributed by atoms with Crippen LogP contribution in [0.15, 0.2) is 30.3 Å². The average Bonchev–Trinajstić information content (AvgIpc) is 2.84. The maximum atomic E-state index is 10.5. The lowest BCUT2D eigenvalue weighted by molar-refractivity contribution is 0.112. The van der Waals surface area contributed by atoms with Crippen molar-refractivity contribution >= 4 is 0 Å². The standard InChI is InChI=1S/C14H20O2/c1-2-12-13(8-9-15)14(12,16)10-11-6-4-3-5-7-11/h3-7,12-13,15-16H,2,8-10H2,1H3/t12-,13-,14-/m1/s1. The second-order valence-electron chi connectivity index (χ2n) is 4.79. The summed E-state index contributed by atoms with van der Waals surface area (Å²) in [7, 11) is 0. The summed E-state index contributed by atoms with van der Waals surface area (Å²) in [5.41, 5.74) is 0.614. The van der Waals surface area contributed by atoms with E-state index in [4.69, 9.17) is 5.11 Å². The van der Waals surface area contributed by atoms with E-state index in [-0.39, 0.29) is 12.5 Å². The zero-order chi connectivity index (χ0) is 11.6. The lowest BCUT2D eigenvalue weighted by atomic mass is 10.0. The quantitative estimate of drug-likeness (QED) is 0.796. The van der Waals surface area contributed by atoms with Crippen LogP contribution < -0.4 is 0 Å². The molecule has 0 aliphatic heterocycles. The van der Waals surface area contributed by atoms with Gasteiger partial charge in [-0.3, -0.25) is 0 Å². The molecular weight excluding hydrogens is 200 g/mol. The van der Waals surface area contributed by atoms with Crippen molar-refractivity contribution in [2.75, 3.05) is 6.61 Å². The van der Waals surface area contributed by atoms with Crippen molar-refractivity contribution in [1.82, 2.24) is 0 Å². The summed E-state index contributed by atoms with van der Waals surface area (Å²) in [5.74, 6) is 0.641. The van der Waals surface area contributed by atoms with E-state index in [1.165, 1.54) is 5.56 Å². The van der Waals surface area contributed by atoms with Crippen LogP contribution in [0, 0.1) is 11.8 Å². The van der Waals surface area contributed by atoms with Crippen LogP contribution in [-0.4, -0.2) is 22.4 Å². The highest BCUT2D eigenvalue weighted by Gasteiger charge is 2.61. The molecule has 2 nitrogen and oxygen atoms in total. The third-order valence-electron chi connectivity index (χ3n) is 3.87. The molecule has 1 aliphatic rings. The molecule has 0 aromatic heterocycles. The molecule has 0 bridgehead atoms. The van der Waals surface area contributed by atoms with E-state index in [2.05, 4.69) is 19.1 Å². The molecule has 88 valence electrons. The highest BCUT2D eigenvalue weighted by atomic mass is 16.3. The first-order valence-corrected chi connectivity index (χ1v) is 6.09. The van der Waals surface area contributed by atoms with Crippen LogP contribution in [0.3, 0.4) is 0 Å². The second-order valence-corrected chi connectivity index (χ2v) is 4.79. The number of rotatable bonds is 5. The van der Waals surface area contributed by atoms with E-state index in [9.17, 15) is 5.11 Å². The van der Waals surface area contributed by atoms with Crippen molar-refractivity contribution in [3.8, 4) is 0 Å². The molecule has 0 radical (unpaired) electrons. The van der Waals surface area contributed by atoms with Crippen LogP contribution in [0.1, 0.15) is 25.3 Å². The van der Waals surface area contributed by atoms with Gasteiger partial charge in [0, 0.05) is 13.0 Å². The molecule has 1 aromatic rings. The van der Waals surface area contributed by atoms with Gasteiger partial charge in [-0.15, -0.1) is 0 Å². The molecule has 0 heterocycles. The first-order valence-electron chi connectivity index (χ1n) is 6.09. The molecule has 0 saturated heterocycles. The fourth-order valence-electron chi connectivity index (χ4n) is 3.00. The molecule has 1 aliphatic carbocycles. The lowest BCUT2D eigenvalue weighted by Gasteiger charge is -2.11. The zero-order valence-electron chi connectivity index (χ0n) is 9.76. The van der Waals surface area contributed by atoms with E-state index < -0.39 is 5.60 Å². The molecule has 0 spiro atoms. The van der Waals surface area contributed by atoms with Gasteiger partial charge in [-0.2, -0.15) is 0 Å². The van der Waals surface area contributed by atoms with Gasteiger partial charge >= 0.3 is 0 Å². The Morgan fingerprint density at radius 2 is 1.88 bits per heavy atom. The maximum absolute atomic E-state index is 10.5. The van der Waals surface area contributed by atoms with E-state index in [0.717, 1.165) is 19.3 Å². The topological polar surface area (TPSA) is 40.5 Å². The van der Waals surface area contributed by atoms with Gasteiger partial charge in [-0.25, -0.2) is 0 Å². The summed E-state index contributed by atoms with van der Waals surface area (Å²) in [6.07, 6.45) is 2.44. The third kappa shape index (κ3) is 2.00. The summed E-state index contributed by atoms with van der Waals surface area (Å²) < 4.78 is 0. The van der Waals surface area contributed by atoms with Crippen molar-refractivity contribution in [2.45, 2.75) is 31.8 Å². The van der Waals surface area contributed by atoms with Crippen molar-refractivity contribution in [3.63, 3.8) is 0 Å². The van der Waals surface area contributed by atoms with Gasteiger partial charge in [-0.05, 0) is 23.8 Å². The monoisotopic (exact) mass is 220 g/mol. The Morgan fingerprint density at radius 1 is 1.19 bits per heavy atom. The van der Waals surface area contributed by atoms with Crippen molar-refractivity contribution in [3.05, 3.63) is 35.9 Å². The number of hydrogen-bond acceptors (Lipinski definition) is 2. The Morgan fingerprint density at radius 3 is 2.44 bits per heavy atom. The minimum absolute atomic E-state index is 0.179. The molecule has 1 aromatic carbocycles. The number of aliphatic hydroxyl groups is 2. The maximum Gasteiger partial charge on any atom is 0.0752 e. The van der Waals surface area contributed by atoms with E-state index in [1.807, 2.05) is 18.2 Å². The van der Waals surface area contributed by atoms with Crippen LogP contribution in [-0.2, 0) is 6.42 Å². The van der Waals surface area contributed by atoms with Crippen LogP contribution in [0.4, 0.5) is 0 Å². The Bertz CT molecular complexity index is 336. The fourth-order valence-corrected chi connectivity index (χ4v) is 3.00. The van der Waals surface area contributed by atoms with Crippen LogP contribution in [0.5, 0.6) is 0 Å². The van der Waals surface area contributed by atoms with Gasteiger partial charge in [0.25, 0.3) is 0 Å². The van der Waals surface area contributed by atoms with Crippen molar-refractivity contribution in [1.29, 1.82) is 0 Å². The Hall–Kier alpha value is -0.860. The van der Waals surface area contributed by atoms with E-state index in [0.29, 0.717) is 5.92 Å². The predicted molar refractivity (Wildman–Crippen MR) is 64.1 cm³/mol. The summed E-state index contributed by atoms with van der Waals surface area (Å²) in [5, 5.41) is 19.5. The predicted octanol–water partition coefficient (Wildman–Crippen LogP) is 2.00. The number of aliphatic hydroxyl groups excluding tert-OH is 1. The van der Waals surface area contributed by atoms with Gasteiger partial charge in [-0.1, -0.05) is 43.7 Å². The number of hydrogen-bond donors (Lipinski definition) is 2. The van der Waals surface area contributed by atoms with E-state index in [1.54, 1.807) is 0 Å². The van der Waals surface area contributed by atoms with Gasteiger partial charge < -0.3 is 10.2 Å². The van der Waals surface area contributed by atoms with Gasteiger partial charge in [0.1, 0.15) is 0 Å². The smallest absolute Gasteiger partial charge is 0.0752 e. The zero-order valence-corrected chi connectivity index (χ0v) is 9.76. The second kappa shape index (κ2) is 4.56. The van der Waals surface area contributed by atoms with Crippen LogP contribution in [0.2, 0.25) is 0 Å². The Balaban J connectivity index is 2.04. The minimum Gasteiger partial charge on any atom is -0.396 e. The summed E-state index contributed by atoms with van der Waals surface area (Å²) in [6, 6.07) is 10.1. The summed E-state index contributed by atoms with van der Waals surface area (Å²) in [4.78, 5) is 0. The minimum atomic E-state index is -0.571. The largest absolute Gasteiger partial charge is 0.396 e. The SMILES string of the molecule is CC[C@@H]1[C@@H](CCO)[C@@]1(O)Cc1ccccc1. The Labute approximate surface area is 96.9 Å². The van der Waals surface area contributed by atoms with Gasteiger partial charge in [0.15, 0.2) is 0 Å². The van der Waals surface area contributed by atoms with Crippen molar-refractivity contribution < 1.29 is 10.2 Å². The molecule has 3 atom stereocenters. The lowest BCUT2D eigenvalue weighted by Crippen LogP contribution is -2.17. The molecule has 2 rings (SSSR count). The van der Waals surface area contributed by atoms with Crippen LogP contribution in [0.25, 0.3) is 0 Å². The van der Waals surface area contributed by atoms with Gasteiger partial charge in [0.05, 0.1) is 5.60 Å². The van der Waals surface area contributed by atoms with Gasteiger partial charge in [0.2, 0.25) is 0 Å². The molecule has 2 heteroatoms. The normalized spacial score (nSPS) is 32.7. The average molecular weight is 220 g/mol. The van der Waals surface area contributed by atoms with Crippen LogP contribution >= 0.6 is 0 Å². The third-order valence-corrected chi connectivity index (χ3v) is 3.87. The highest BCUT2D eigenvalue weighted by molar-refractivity contribution is 5.23. The summed E-state index contributed by atoms with van der Waals surface area (Å²) in [6.45, 7) is 2.29. The first kappa shape index (κ1) is 11.6. The molecule has 1 fully saturated rings. The van der Waals surface area contributed by atoms with E-state index >= 15 is 0 Å². The molecule has 0 unspecified atom stereocenters. The molecule has 0 amide bonds. The molecule has 16 heavy (non-hydrogen) atoms. The number of benzene rings is 1. The molecule has 1 saturated carbocycles. The fraction of sp³-hybridized carbons (Fsp3) is 0.571. The highest BCUT2D eigenvalue weighted by Crippen LogP contribution is 2.55. The first-order chi connectivity index (χ1) is 7.72. The molecular formula is C14H20O2.